The van der Waals surface area contributed by atoms with E-state index in [0.29, 0.717) is 6.42 Å². The van der Waals surface area contributed by atoms with Crippen LogP contribution in [0.1, 0.15) is 71.1 Å². The average molecular weight is 353 g/mol. The van der Waals surface area contributed by atoms with E-state index in [0.717, 1.165) is 44.9 Å². The lowest BCUT2D eigenvalue weighted by Crippen LogP contribution is -2.25. The molecule has 2 N–H and O–H groups in total. The number of carbonyl (C=O) groups is 1. The summed E-state index contributed by atoms with van der Waals surface area (Å²) in [5.41, 5.74) is 0. The van der Waals surface area contributed by atoms with Gasteiger partial charge in [0, 0.05) is 6.42 Å². The maximum Gasteiger partial charge on any atom is 0.306 e. The molecule has 0 saturated carbocycles. The molecule has 0 unspecified atom stereocenters. The summed E-state index contributed by atoms with van der Waals surface area (Å²) in [6.45, 7) is 1.53. The molecule has 0 heterocycles. The molecule has 0 aliphatic rings. The van der Waals surface area contributed by atoms with Crippen LogP contribution in [0, 0.1) is 0 Å². The summed E-state index contributed by atoms with van der Waals surface area (Å²) >= 11 is 0. The molecule has 144 valence electrons. The van der Waals surface area contributed by atoms with Crippen molar-refractivity contribution >= 4 is 5.97 Å². The van der Waals surface area contributed by atoms with Gasteiger partial charge in [-0.05, 0) is 25.7 Å². The standard InChI is InChI=1S/C21H36O4/c1-2-3-4-5-6-7-8-9-10-11-12-13-14-15-16-17-21(24)25-20(18-22)19-23/h5-10,20,22-23H,2-4,11-19H2,1H3/b6-5+,8-7-,10-9-. The highest BCUT2D eigenvalue weighted by Crippen LogP contribution is 2.09. The van der Waals surface area contributed by atoms with Gasteiger partial charge in [0.2, 0.25) is 0 Å². The molecule has 0 bridgehead atoms. The molecular weight excluding hydrogens is 316 g/mol. The van der Waals surface area contributed by atoms with Crippen LogP contribution in [0.5, 0.6) is 0 Å². The van der Waals surface area contributed by atoms with Crippen LogP contribution in [-0.2, 0) is 9.53 Å². The number of carbonyl (C=O) groups excluding carboxylic acids is 1. The fourth-order valence-corrected chi connectivity index (χ4v) is 2.24. The Bertz CT molecular complexity index is 381. The molecule has 0 aliphatic carbocycles. The molecule has 0 spiro atoms. The first kappa shape index (κ1) is 23.6. The van der Waals surface area contributed by atoms with Gasteiger partial charge in [-0.2, -0.15) is 0 Å². The highest BCUT2D eigenvalue weighted by Gasteiger charge is 2.11. The first-order valence-electron chi connectivity index (χ1n) is 9.64. The molecule has 25 heavy (non-hydrogen) atoms. The lowest BCUT2D eigenvalue weighted by Gasteiger charge is -2.12. The third-order valence-electron chi connectivity index (χ3n) is 3.79. The average Bonchev–Trinajstić information content (AvgIpc) is 2.62. The van der Waals surface area contributed by atoms with E-state index in [2.05, 4.69) is 43.4 Å². The van der Waals surface area contributed by atoms with Crippen molar-refractivity contribution in [3.8, 4) is 0 Å². The summed E-state index contributed by atoms with van der Waals surface area (Å²) in [4.78, 5) is 11.4. The smallest absolute Gasteiger partial charge is 0.306 e. The molecule has 4 nitrogen and oxygen atoms in total. The number of hydrogen-bond acceptors (Lipinski definition) is 4. The Hall–Kier alpha value is -1.39. The van der Waals surface area contributed by atoms with Gasteiger partial charge in [-0.25, -0.2) is 0 Å². The predicted molar refractivity (Wildman–Crippen MR) is 103 cm³/mol. The molecule has 0 aromatic heterocycles. The van der Waals surface area contributed by atoms with Gasteiger partial charge in [-0.3, -0.25) is 4.79 Å². The van der Waals surface area contributed by atoms with Gasteiger partial charge in [-0.1, -0.05) is 75.5 Å². The van der Waals surface area contributed by atoms with Crippen LogP contribution in [0.4, 0.5) is 0 Å². The van der Waals surface area contributed by atoms with E-state index in [1.54, 1.807) is 0 Å². The van der Waals surface area contributed by atoms with Crippen molar-refractivity contribution in [2.24, 2.45) is 0 Å². The van der Waals surface area contributed by atoms with Gasteiger partial charge < -0.3 is 14.9 Å². The SMILES string of the molecule is CCCC/C=C/C=C\C=C/CCCCCCCC(=O)OC(CO)CO. The van der Waals surface area contributed by atoms with Crippen LogP contribution >= 0.6 is 0 Å². The fourth-order valence-electron chi connectivity index (χ4n) is 2.24. The number of aliphatic hydroxyl groups excluding tert-OH is 2. The molecule has 0 atom stereocenters. The minimum atomic E-state index is -0.778. The second kappa shape index (κ2) is 18.9. The van der Waals surface area contributed by atoms with E-state index in [-0.39, 0.29) is 19.2 Å². The van der Waals surface area contributed by atoms with Crippen molar-refractivity contribution < 1.29 is 19.7 Å². The van der Waals surface area contributed by atoms with Crippen molar-refractivity contribution in [2.75, 3.05) is 13.2 Å². The summed E-state index contributed by atoms with van der Waals surface area (Å²) < 4.78 is 4.91. The summed E-state index contributed by atoms with van der Waals surface area (Å²) in [6.07, 6.45) is 22.3. The number of ether oxygens (including phenoxy) is 1. The Morgan fingerprint density at radius 2 is 1.40 bits per heavy atom. The number of unbranched alkanes of at least 4 members (excludes halogenated alkanes) is 7. The molecule has 0 fully saturated rings. The van der Waals surface area contributed by atoms with Gasteiger partial charge in [0.15, 0.2) is 0 Å². The third kappa shape index (κ3) is 17.2. The number of hydrogen-bond donors (Lipinski definition) is 2. The molecule has 4 heteroatoms. The van der Waals surface area contributed by atoms with Gasteiger partial charge in [0.25, 0.3) is 0 Å². The van der Waals surface area contributed by atoms with Crippen molar-refractivity contribution in [1.82, 2.24) is 0 Å². The Morgan fingerprint density at radius 3 is 2.00 bits per heavy atom. The molecule has 0 amide bonds. The lowest BCUT2D eigenvalue weighted by atomic mass is 10.1. The summed E-state index contributed by atoms with van der Waals surface area (Å²) in [5.74, 6) is -0.341. The lowest BCUT2D eigenvalue weighted by molar-refractivity contribution is -0.153. The largest absolute Gasteiger partial charge is 0.457 e. The van der Waals surface area contributed by atoms with E-state index in [1.165, 1.54) is 12.8 Å². The second-order valence-electron chi connectivity index (χ2n) is 6.17. The molecule has 0 saturated heterocycles. The van der Waals surface area contributed by atoms with E-state index >= 15 is 0 Å². The van der Waals surface area contributed by atoms with Gasteiger partial charge in [-0.15, -0.1) is 0 Å². The minimum Gasteiger partial charge on any atom is -0.457 e. The zero-order chi connectivity index (χ0) is 18.6. The molecule has 0 rings (SSSR count). The highest BCUT2D eigenvalue weighted by molar-refractivity contribution is 5.69. The van der Waals surface area contributed by atoms with Crippen LogP contribution in [-0.4, -0.2) is 35.5 Å². The highest BCUT2D eigenvalue weighted by atomic mass is 16.6. The number of esters is 1. The summed E-state index contributed by atoms with van der Waals surface area (Å²) in [5, 5.41) is 17.7. The van der Waals surface area contributed by atoms with Crippen molar-refractivity contribution in [3.63, 3.8) is 0 Å². The number of allylic oxidation sites excluding steroid dienone is 6. The molecule has 0 aliphatic heterocycles. The van der Waals surface area contributed by atoms with Gasteiger partial charge >= 0.3 is 5.97 Å². The molecule has 0 aromatic carbocycles. The monoisotopic (exact) mass is 352 g/mol. The third-order valence-corrected chi connectivity index (χ3v) is 3.79. The maximum absolute atomic E-state index is 11.4. The molecular formula is C21H36O4. The Labute approximate surface area is 153 Å². The summed E-state index contributed by atoms with van der Waals surface area (Å²) in [7, 11) is 0. The van der Waals surface area contributed by atoms with Gasteiger partial charge in [0.1, 0.15) is 6.10 Å². The van der Waals surface area contributed by atoms with E-state index in [9.17, 15) is 4.79 Å². The normalized spacial score (nSPS) is 12.2. The maximum atomic E-state index is 11.4. The first-order valence-corrected chi connectivity index (χ1v) is 9.64. The minimum absolute atomic E-state index is 0.333. The number of rotatable bonds is 16. The zero-order valence-corrected chi connectivity index (χ0v) is 15.7. The Kier molecular flexibility index (Phi) is 17.9. The molecule has 0 radical (unpaired) electrons. The van der Waals surface area contributed by atoms with Gasteiger partial charge in [0.05, 0.1) is 13.2 Å². The quantitative estimate of drug-likeness (QED) is 0.244. The number of aliphatic hydroxyl groups is 2. The fraction of sp³-hybridized carbons (Fsp3) is 0.667. The predicted octanol–water partition coefficient (Wildman–Crippen LogP) is 4.47. The zero-order valence-electron chi connectivity index (χ0n) is 15.7. The van der Waals surface area contributed by atoms with Crippen molar-refractivity contribution in [2.45, 2.75) is 77.2 Å². The van der Waals surface area contributed by atoms with Crippen LogP contribution in [0.3, 0.4) is 0 Å². The Balaban J connectivity index is 3.43. The molecule has 0 aromatic rings. The summed E-state index contributed by atoms with van der Waals surface area (Å²) in [6, 6.07) is 0. The van der Waals surface area contributed by atoms with Crippen molar-refractivity contribution in [3.05, 3.63) is 36.5 Å². The van der Waals surface area contributed by atoms with Crippen LogP contribution in [0.25, 0.3) is 0 Å². The van der Waals surface area contributed by atoms with E-state index in [4.69, 9.17) is 14.9 Å². The van der Waals surface area contributed by atoms with E-state index < -0.39 is 6.10 Å². The van der Waals surface area contributed by atoms with Crippen molar-refractivity contribution in [1.29, 1.82) is 0 Å². The van der Waals surface area contributed by atoms with E-state index in [1.807, 2.05) is 0 Å². The van der Waals surface area contributed by atoms with Crippen LogP contribution < -0.4 is 0 Å². The van der Waals surface area contributed by atoms with Crippen LogP contribution in [0.2, 0.25) is 0 Å². The first-order chi connectivity index (χ1) is 12.2. The topological polar surface area (TPSA) is 66.8 Å². The van der Waals surface area contributed by atoms with Crippen LogP contribution in [0.15, 0.2) is 36.5 Å². The Morgan fingerprint density at radius 1 is 0.840 bits per heavy atom. The second-order valence-corrected chi connectivity index (χ2v) is 6.17.